The Labute approximate surface area is 138 Å². The van der Waals surface area contributed by atoms with Gasteiger partial charge in [0.05, 0.1) is 5.56 Å². The molecule has 134 valence electrons. The Kier molecular flexibility index (Phi) is 5.19. The largest absolute Gasteiger partial charge is 0.460 e. The minimum Gasteiger partial charge on any atom is -0.460 e. The van der Waals surface area contributed by atoms with Gasteiger partial charge in [0.2, 0.25) is 0 Å². The lowest BCUT2D eigenvalue weighted by Crippen LogP contribution is -2.44. The van der Waals surface area contributed by atoms with Crippen LogP contribution in [0.2, 0.25) is 0 Å². The minimum absolute atomic E-state index is 0.0984. The van der Waals surface area contributed by atoms with Crippen molar-refractivity contribution >= 4 is 6.09 Å². The van der Waals surface area contributed by atoms with Gasteiger partial charge in [-0.1, -0.05) is 0 Å². The lowest BCUT2D eigenvalue weighted by Gasteiger charge is -2.33. The topological polar surface area (TPSA) is 64.5 Å². The average molecular weight is 347 g/mol. The first-order chi connectivity index (χ1) is 11.0. The van der Waals surface area contributed by atoms with Crippen LogP contribution >= 0.6 is 0 Å². The Hall–Kier alpha value is -2.06. The quantitative estimate of drug-likeness (QED) is 0.821. The normalized spacial score (nSPS) is 16.8. The van der Waals surface area contributed by atoms with Crippen LogP contribution in [0.25, 0.3) is 0 Å². The van der Waals surface area contributed by atoms with E-state index >= 15 is 0 Å². The Morgan fingerprint density at radius 3 is 2.17 bits per heavy atom. The van der Waals surface area contributed by atoms with Crippen LogP contribution < -0.4 is 4.74 Å². The highest BCUT2D eigenvalue weighted by Gasteiger charge is 2.32. The van der Waals surface area contributed by atoms with Crippen molar-refractivity contribution in [2.45, 2.75) is 51.5 Å². The molecule has 1 aliphatic rings. The first-order valence-corrected chi connectivity index (χ1v) is 7.58. The highest BCUT2D eigenvalue weighted by atomic mass is 19.4. The molecule has 1 aliphatic heterocycles. The molecule has 1 amide bonds. The summed E-state index contributed by atoms with van der Waals surface area (Å²) in [6.07, 6.45) is -2.66. The zero-order chi connectivity index (χ0) is 18.0. The number of piperidine rings is 1. The van der Waals surface area contributed by atoms with Crippen LogP contribution in [0.3, 0.4) is 0 Å². The number of halogens is 3. The van der Waals surface area contributed by atoms with Crippen molar-refractivity contribution in [3.63, 3.8) is 0 Å². The molecular formula is C15H20F3N3O3. The summed E-state index contributed by atoms with van der Waals surface area (Å²) in [5.41, 5.74) is -1.48. The Balaban J connectivity index is 1.84. The van der Waals surface area contributed by atoms with E-state index in [-0.39, 0.29) is 18.2 Å². The third-order valence-electron chi connectivity index (χ3n) is 3.32. The van der Waals surface area contributed by atoms with Crippen molar-refractivity contribution in [2.24, 2.45) is 0 Å². The van der Waals surface area contributed by atoms with E-state index in [1.807, 2.05) is 0 Å². The standard InChI is InChI=1S/C15H20F3N3O3/c1-14(2,3)24-13(22)21-6-4-11(5-7-21)23-12-19-8-10(9-20-12)15(16,17)18/h8-9,11H,4-7H2,1-3H3. The van der Waals surface area contributed by atoms with E-state index in [0.29, 0.717) is 38.3 Å². The number of aromatic nitrogens is 2. The fourth-order valence-electron chi connectivity index (χ4n) is 2.16. The zero-order valence-electron chi connectivity index (χ0n) is 13.8. The van der Waals surface area contributed by atoms with E-state index in [1.54, 1.807) is 25.7 Å². The molecule has 9 heteroatoms. The van der Waals surface area contributed by atoms with Crippen molar-refractivity contribution in [3.05, 3.63) is 18.0 Å². The van der Waals surface area contributed by atoms with Gasteiger partial charge in [-0.15, -0.1) is 0 Å². The van der Waals surface area contributed by atoms with E-state index in [2.05, 4.69) is 9.97 Å². The number of carbonyl (C=O) groups is 1. The van der Waals surface area contributed by atoms with Crippen molar-refractivity contribution in [1.82, 2.24) is 14.9 Å². The Morgan fingerprint density at radius 1 is 1.17 bits per heavy atom. The van der Waals surface area contributed by atoms with Crippen LogP contribution in [0.1, 0.15) is 39.2 Å². The predicted octanol–water partition coefficient (Wildman–Crippen LogP) is 3.27. The molecule has 0 N–H and O–H groups in total. The lowest BCUT2D eigenvalue weighted by atomic mass is 10.1. The smallest absolute Gasteiger partial charge is 0.419 e. The summed E-state index contributed by atoms with van der Waals surface area (Å²) in [5, 5.41) is 0. The molecule has 24 heavy (non-hydrogen) atoms. The van der Waals surface area contributed by atoms with E-state index in [0.717, 1.165) is 0 Å². The van der Waals surface area contributed by atoms with Crippen molar-refractivity contribution in [3.8, 4) is 6.01 Å². The molecule has 0 bridgehead atoms. The summed E-state index contributed by atoms with van der Waals surface area (Å²) in [6, 6.07) is -0.0984. The molecule has 0 atom stereocenters. The highest BCUT2D eigenvalue weighted by Crippen LogP contribution is 2.28. The molecule has 1 aromatic rings. The first-order valence-electron chi connectivity index (χ1n) is 7.58. The molecular weight excluding hydrogens is 327 g/mol. The molecule has 0 aliphatic carbocycles. The van der Waals surface area contributed by atoms with Gasteiger partial charge >= 0.3 is 18.3 Å². The number of ether oxygens (including phenoxy) is 2. The summed E-state index contributed by atoms with van der Waals surface area (Å²) in [6.45, 7) is 6.27. The molecule has 1 aromatic heterocycles. The second-order valence-corrected chi connectivity index (χ2v) is 6.54. The van der Waals surface area contributed by atoms with Crippen LogP contribution in [-0.2, 0) is 10.9 Å². The van der Waals surface area contributed by atoms with Crippen molar-refractivity contribution in [2.75, 3.05) is 13.1 Å². The third kappa shape index (κ3) is 5.24. The summed E-state index contributed by atoms with van der Waals surface area (Å²) in [5.74, 6) is 0. The van der Waals surface area contributed by atoms with E-state index < -0.39 is 17.3 Å². The molecule has 0 radical (unpaired) electrons. The van der Waals surface area contributed by atoms with Crippen LogP contribution in [0.5, 0.6) is 6.01 Å². The van der Waals surface area contributed by atoms with Crippen LogP contribution in [0.4, 0.5) is 18.0 Å². The van der Waals surface area contributed by atoms with Gasteiger partial charge in [-0.05, 0) is 20.8 Å². The molecule has 0 spiro atoms. The summed E-state index contributed by atoms with van der Waals surface area (Å²) in [4.78, 5) is 20.7. The molecule has 0 unspecified atom stereocenters. The van der Waals surface area contributed by atoms with Crippen molar-refractivity contribution < 1.29 is 27.4 Å². The van der Waals surface area contributed by atoms with E-state index in [9.17, 15) is 18.0 Å². The number of nitrogens with zero attached hydrogens (tertiary/aromatic N) is 3. The second kappa shape index (κ2) is 6.82. The number of likely N-dealkylation sites (tertiary alicyclic amines) is 1. The van der Waals surface area contributed by atoms with Gasteiger partial charge < -0.3 is 14.4 Å². The molecule has 2 rings (SSSR count). The first kappa shape index (κ1) is 18.3. The Bertz CT molecular complexity index is 562. The number of hydrogen-bond donors (Lipinski definition) is 0. The fraction of sp³-hybridized carbons (Fsp3) is 0.667. The van der Waals surface area contributed by atoms with Gasteiger partial charge in [0.25, 0.3) is 0 Å². The summed E-state index contributed by atoms with van der Waals surface area (Å²) < 4.78 is 48.1. The van der Waals surface area contributed by atoms with Gasteiger partial charge in [-0.3, -0.25) is 0 Å². The maximum Gasteiger partial charge on any atom is 0.419 e. The number of carbonyl (C=O) groups excluding carboxylic acids is 1. The number of amides is 1. The van der Waals surface area contributed by atoms with Gasteiger partial charge in [0, 0.05) is 38.3 Å². The second-order valence-electron chi connectivity index (χ2n) is 6.54. The highest BCUT2D eigenvalue weighted by molar-refractivity contribution is 5.68. The van der Waals surface area contributed by atoms with Gasteiger partial charge in [-0.2, -0.15) is 13.2 Å². The lowest BCUT2D eigenvalue weighted by molar-refractivity contribution is -0.138. The van der Waals surface area contributed by atoms with Gasteiger partial charge in [0.15, 0.2) is 0 Å². The maximum atomic E-state index is 12.4. The monoisotopic (exact) mass is 347 g/mol. The number of alkyl halides is 3. The maximum absolute atomic E-state index is 12.4. The molecule has 1 saturated heterocycles. The van der Waals surface area contributed by atoms with E-state index in [4.69, 9.17) is 9.47 Å². The van der Waals surface area contributed by atoms with Crippen LogP contribution in [0, 0.1) is 0 Å². The van der Waals surface area contributed by atoms with Gasteiger partial charge in [0.1, 0.15) is 11.7 Å². The SMILES string of the molecule is CC(C)(C)OC(=O)N1CCC(Oc2ncc(C(F)(F)F)cn2)CC1. The molecule has 6 nitrogen and oxygen atoms in total. The Morgan fingerprint density at radius 2 is 1.71 bits per heavy atom. The molecule has 0 aromatic carbocycles. The zero-order valence-corrected chi connectivity index (χ0v) is 13.8. The predicted molar refractivity (Wildman–Crippen MR) is 78.5 cm³/mol. The summed E-state index contributed by atoms with van der Waals surface area (Å²) in [7, 11) is 0. The number of hydrogen-bond acceptors (Lipinski definition) is 5. The van der Waals surface area contributed by atoms with E-state index in [1.165, 1.54) is 0 Å². The molecule has 2 heterocycles. The average Bonchev–Trinajstić information content (AvgIpc) is 2.46. The minimum atomic E-state index is -4.47. The van der Waals surface area contributed by atoms with Crippen LogP contribution in [0.15, 0.2) is 12.4 Å². The van der Waals surface area contributed by atoms with Gasteiger partial charge in [-0.25, -0.2) is 14.8 Å². The molecule has 0 saturated carbocycles. The van der Waals surface area contributed by atoms with Crippen molar-refractivity contribution in [1.29, 1.82) is 0 Å². The summed E-state index contributed by atoms with van der Waals surface area (Å²) >= 11 is 0. The van der Waals surface area contributed by atoms with Crippen LogP contribution in [-0.4, -0.2) is 45.8 Å². The number of rotatable bonds is 2. The fourth-order valence-corrected chi connectivity index (χ4v) is 2.16. The third-order valence-corrected chi connectivity index (χ3v) is 3.32. The molecule has 1 fully saturated rings.